The van der Waals surface area contributed by atoms with Crippen LogP contribution in [0.4, 0.5) is 0 Å². The predicted octanol–water partition coefficient (Wildman–Crippen LogP) is -1.27. The first-order valence-corrected chi connectivity index (χ1v) is 7.15. The fraction of sp³-hybridized carbons (Fsp3) is 0.533. The molecule has 1 saturated heterocycles. The van der Waals surface area contributed by atoms with Crippen LogP contribution in [0.1, 0.15) is 30.9 Å². The van der Waals surface area contributed by atoms with Crippen molar-refractivity contribution in [1.29, 1.82) is 0 Å². The van der Waals surface area contributed by atoms with E-state index in [2.05, 4.69) is 12.0 Å². The van der Waals surface area contributed by atoms with Gasteiger partial charge in [-0.3, -0.25) is 9.78 Å². The Kier molecular flexibility index (Phi) is 5.27. The first-order valence-electron chi connectivity index (χ1n) is 7.15. The number of carbonyl (C=O) groups excluding carboxylic acids is 2. The highest BCUT2D eigenvalue weighted by molar-refractivity contribution is 5.75. The van der Waals surface area contributed by atoms with Crippen LogP contribution in [0, 0.1) is 5.92 Å². The number of aromatic nitrogens is 1. The molecule has 3 atom stereocenters. The van der Waals surface area contributed by atoms with Crippen molar-refractivity contribution in [3.8, 4) is 0 Å². The number of hydrogen-bond acceptors (Lipinski definition) is 5. The molecular weight excluding hydrogens is 272 g/mol. The van der Waals surface area contributed by atoms with Crippen LogP contribution in [0.2, 0.25) is 0 Å². The molecule has 0 aliphatic carbocycles. The Balaban J connectivity index is 1.90. The summed E-state index contributed by atoms with van der Waals surface area (Å²) in [6.07, 6.45) is 4.14. The highest BCUT2D eigenvalue weighted by Crippen LogP contribution is 2.25. The third-order valence-electron chi connectivity index (χ3n) is 3.95. The molecule has 0 bridgehead atoms. The topological polar surface area (TPSA) is 83.8 Å². The molecule has 1 aromatic heterocycles. The van der Waals surface area contributed by atoms with Crippen LogP contribution in [0.15, 0.2) is 24.5 Å². The van der Waals surface area contributed by atoms with Crippen LogP contribution in [0.25, 0.3) is 0 Å². The van der Waals surface area contributed by atoms with Gasteiger partial charge in [0.15, 0.2) is 0 Å². The average Bonchev–Trinajstić information content (AvgIpc) is 2.84. The van der Waals surface area contributed by atoms with Crippen LogP contribution in [0.3, 0.4) is 0 Å². The number of quaternary nitrogens is 1. The van der Waals surface area contributed by atoms with E-state index in [0.29, 0.717) is 6.61 Å². The zero-order valence-electron chi connectivity index (χ0n) is 12.1. The normalized spacial score (nSPS) is 24.7. The van der Waals surface area contributed by atoms with E-state index in [1.807, 2.05) is 18.3 Å². The number of carboxylic acids is 1. The van der Waals surface area contributed by atoms with Crippen molar-refractivity contribution in [2.24, 2.45) is 5.92 Å². The van der Waals surface area contributed by atoms with E-state index in [9.17, 15) is 14.7 Å². The summed E-state index contributed by atoms with van der Waals surface area (Å²) in [5.41, 5.74) is 1.14. The fourth-order valence-corrected chi connectivity index (χ4v) is 2.91. The largest absolute Gasteiger partial charge is 0.550 e. The highest BCUT2D eigenvalue weighted by atomic mass is 16.5. The van der Waals surface area contributed by atoms with Crippen molar-refractivity contribution in [3.05, 3.63) is 30.1 Å². The lowest BCUT2D eigenvalue weighted by Crippen LogP contribution is -3.07. The van der Waals surface area contributed by atoms with E-state index >= 15 is 0 Å². The second-order valence-electron chi connectivity index (χ2n) is 5.46. The average molecular weight is 292 g/mol. The maximum absolute atomic E-state index is 11.5. The lowest BCUT2D eigenvalue weighted by atomic mass is 9.96. The van der Waals surface area contributed by atoms with Crippen molar-refractivity contribution in [2.75, 3.05) is 20.2 Å². The SMILES string of the molecule is C[NH+]1CC[C@H](COC(=O)CCC(=O)[O-])[C@H]1c1cccnc1. The minimum Gasteiger partial charge on any atom is -0.550 e. The van der Waals surface area contributed by atoms with Crippen molar-refractivity contribution < 1.29 is 24.3 Å². The zero-order valence-corrected chi connectivity index (χ0v) is 12.1. The summed E-state index contributed by atoms with van der Waals surface area (Å²) in [6.45, 7) is 1.34. The molecule has 1 aliphatic rings. The van der Waals surface area contributed by atoms with Gasteiger partial charge in [0.2, 0.25) is 0 Å². The smallest absolute Gasteiger partial charge is 0.306 e. The van der Waals surface area contributed by atoms with Gasteiger partial charge in [0.25, 0.3) is 0 Å². The number of rotatable bonds is 6. The number of carboxylic acid groups (broad SMARTS) is 1. The Morgan fingerprint density at radius 2 is 2.29 bits per heavy atom. The van der Waals surface area contributed by atoms with Crippen molar-refractivity contribution in [3.63, 3.8) is 0 Å². The van der Waals surface area contributed by atoms with Crippen molar-refractivity contribution >= 4 is 11.9 Å². The molecule has 1 unspecified atom stereocenters. The first kappa shape index (κ1) is 15.4. The third kappa shape index (κ3) is 4.26. The second-order valence-corrected chi connectivity index (χ2v) is 5.46. The summed E-state index contributed by atoms with van der Waals surface area (Å²) in [7, 11) is 2.12. The molecule has 0 amide bonds. The van der Waals surface area contributed by atoms with Crippen molar-refractivity contribution in [2.45, 2.75) is 25.3 Å². The lowest BCUT2D eigenvalue weighted by Gasteiger charge is -2.22. The van der Waals surface area contributed by atoms with Gasteiger partial charge in [0.1, 0.15) is 12.6 Å². The van der Waals surface area contributed by atoms with Gasteiger partial charge in [-0.1, -0.05) is 6.07 Å². The van der Waals surface area contributed by atoms with Gasteiger partial charge in [-0.25, -0.2) is 0 Å². The zero-order chi connectivity index (χ0) is 15.2. The number of hydrogen-bond donors (Lipinski definition) is 1. The van der Waals surface area contributed by atoms with Gasteiger partial charge < -0.3 is 19.5 Å². The minimum atomic E-state index is -1.23. The molecule has 2 rings (SSSR count). The molecule has 0 radical (unpaired) electrons. The molecule has 1 aliphatic heterocycles. The van der Waals surface area contributed by atoms with Crippen LogP contribution in [0.5, 0.6) is 0 Å². The lowest BCUT2D eigenvalue weighted by molar-refractivity contribution is -0.900. The van der Waals surface area contributed by atoms with Gasteiger partial charge in [0.05, 0.1) is 25.9 Å². The number of nitrogens with zero attached hydrogens (tertiary/aromatic N) is 1. The molecular formula is C15H20N2O4. The van der Waals surface area contributed by atoms with Crippen LogP contribution >= 0.6 is 0 Å². The Labute approximate surface area is 123 Å². The summed E-state index contributed by atoms with van der Waals surface area (Å²) < 4.78 is 5.21. The van der Waals surface area contributed by atoms with Crippen LogP contribution in [-0.2, 0) is 14.3 Å². The highest BCUT2D eigenvalue weighted by Gasteiger charge is 2.37. The minimum absolute atomic E-state index is 0.130. The summed E-state index contributed by atoms with van der Waals surface area (Å²) in [5, 5.41) is 10.3. The number of esters is 1. The molecule has 1 aromatic rings. The van der Waals surface area contributed by atoms with Crippen LogP contribution < -0.4 is 10.0 Å². The molecule has 21 heavy (non-hydrogen) atoms. The molecule has 0 saturated carbocycles. The summed E-state index contributed by atoms with van der Waals surface area (Å²) in [6, 6.07) is 4.20. The first-order chi connectivity index (χ1) is 10.1. The number of carbonyl (C=O) groups is 2. The number of likely N-dealkylation sites (tertiary alicyclic amines) is 1. The fourth-order valence-electron chi connectivity index (χ4n) is 2.91. The monoisotopic (exact) mass is 292 g/mol. The van der Waals surface area contributed by atoms with E-state index < -0.39 is 11.9 Å². The third-order valence-corrected chi connectivity index (χ3v) is 3.95. The van der Waals surface area contributed by atoms with Crippen molar-refractivity contribution in [1.82, 2.24) is 4.98 Å². The van der Waals surface area contributed by atoms with E-state index in [1.54, 1.807) is 6.20 Å². The Morgan fingerprint density at radius 3 is 2.95 bits per heavy atom. The molecule has 6 nitrogen and oxygen atoms in total. The quantitative estimate of drug-likeness (QED) is 0.661. The number of ether oxygens (including phenoxy) is 1. The Hall–Kier alpha value is -1.95. The number of aliphatic carboxylic acids is 1. The second kappa shape index (κ2) is 7.17. The summed E-state index contributed by atoms with van der Waals surface area (Å²) >= 11 is 0. The maximum Gasteiger partial charge on any atom is 0.306 e. The van der Waals surface area contributed by atoms with Gasteiger partial charge in [-0.2, -0.15) is 0 Å². The van der Waals surface area contributed by atoms with E-state index in [0.717, 1.165) is 18.5 Å². The van der Waals surface area contributed by atoms with E-state index in [-0.39, 0.29) is 24.8 Å². The van der Waals surface area contributed by atoms with Gasteiger partial charge in [0, 0.05) is 30.3 Å². The van der Waals surface area contributed by atoms with Gasteiger partial charge in [-0.05, 0) is 12.5 Å². The Morgan fingerprint density at radius 1 is 1.48 bits per heavy atom. The summed E-state index contributed by atoms with van der Waals surface area (Å²) in [4.78, 5) is 27.3. The molecule has 114 valence electrons. The molecule has 6 heteroatoms. The summed E-state index contributed by atoms with van der Waals surface area (Å²) in [5.74, 6) is -1.47. The Bertz CT molecular complexity index is 492. The molecule has 0 spiro atoms. The van der Waals surface area contributed by atoms with Gasteiger partial charge >= 0.3 is 5.97 Å². The molecule has 2 heterocycles. The van der Waals surface area contributed by atoms with E-state index in [1.165, 1.54) is 4.90 Å². The van der Waals surface area contributed by atoms with Gasteiger partial charge in [-0.15, -0.1) is 0 Å². The molecule has 1 fully saturated rings. The standard InChI is InChI=1S/C15H20N2O4/c1-17-8-6-12(10-21-14(20)5-4-13(18)19)15(17)11-3-2-7-16-9-11/h2-3,7,9,12,15H,4-6,8,10H2,1H3,(H,18,19)/t12-,15-/m1/s1. The predicted molar refractivity (Wildman–Crippen MR) is 72.0 cm³/mol. The number of nitrogens with one attached hydrogen (secondary N) is 1. The van der Waals surface area contributed by atoms with E-state index in [4.69, 9.17) is 4.74 Å². The molecule has 1 N–H and O–H groups in total. The van der Waals surface area contributed by atoms with Crippen LogP contribution in [-0.4, -0.2) is 37.1 Å². The molecule has 0 aromatic carbocycles. The maximum atomic E-state index is 11.5. The number of pyridine rings is 1.